The Labute approximate surface area is 191 Å². The molecule has 166 valence electrons. The van der Waals surface area contributed by atoms with E-state index in [4.69, 9.17) is 11.6 Å². The summed E-state index contributed by atoms with van der Waals surface area (Å²) < 4.78 is 0. The maximum absolute atomic E-state index is 6.51. The molecule has 0 heterocycles. The highest BCUT2D eigenvalue weighted by Crippen LogP contribution is 2.42. The van der Waals surface area contributed by atoms with Crippen molar-refractivity contribution in [3.63, 3.8) is 0 Å². The fourth-order valence-corrected chi connectivity index (χ4v) is 6.03. The van der Waals surface area contributed by atoms with Gasteiger partial charge in [0.1, 0.15) is 0 Å². The topological polar surface area (TPSA) is 0 Å². The predicted octanol–water partition coefficient (Wildman–Crippen LogP) is 9.23. The Kier molecular flexibility index (Phi) is 10.1. The lowest BCUT2D eigenvalue weighted by atomic mass is 9.69. The maximum atomic E-state index is 6.51. The van der Waals surface area contributed by atoms with Gasteiger partial charge in [0.2, 0.25) is 0 Å². The Morgan fingerprint density at radius 2 is 1.50 bits per heavy atom. The number of aryl methyl sites for hydroxylation is 1. The molecule has 0 N–H and O–H groups in total. The van der Waals surface area contributed by atoms with E-state index in [0.717, 1.165) is 34.8 Å². The molecule has 0 aliphatic heterocycles. The van der Waals surface area contributed by atoms with Crippen molar-refractivity contribution in [3.8, 4) is 11.8 Å². The molecule has 2 fully saturated rings. The quantitative estimate of drug-likeness (QED) is 0.287. The van der Waals surface area contributed by atoms with Crippen molar-refractivity contribution < 1.29 is 0 Å². The number of hydrogen-bond acceptors (Lipinski definition) is 0. The molecule has 30 heavy (non-hydrogen) atoms. The van der Waals surface area contributed by atoms with Crippen LogP contribution in [0.2, 0.25) is 5.02 Å². The first kappa shape index (κ1) is 23.7. The minimum atomic E-state index is 0.588. The third-order valence-corrected chi connectivity index (χ3v) is 8.17. The molecule has 2 saturated carbocycles. The molecular formula is C29H43Cl. The molecule has 1 heteroatoms. The fraction of sp³-hybridized carbons (Fsp3) is 0.724. The van der Waals surface area contributed by atoms with Crippen LogP contribution < -0.4 is 0 Å². The fourth-order valence-electron chi connectivity index (χ4n) is 5.75. The molecule has 0 unspecified atom stereocenters. The Morgan fingerprint density at radius 1 is 0.833 bits per heavy atom. The molecule has 2 aliphatic carbocycles. The number of halogens is 1. The lowest BCUT2D eigenvalue weighted by Crippen LogP contribution is -2.25. The van der Waals surface area contributed by atoms with Crippen molar-refractivity contribution in [2.24, 2.45) is 23.7 Å². The smallest absolute Gasteiger partial charge is 0.0450 e. The van der Waals surface area contributed by atoms with Gasteiger partial charge < -0.3 is 0 Å². The van der Waals surface area contributed by atoms with Crippen LogP contribution >= 0.6 is 11.6 Å². The summed E-state index contributed by atoms with van der Waals surface area (Å²) in [4.78, 5) is 0. The second kappa shape index (κ2) is 12.8. The van der Waals surface area contributed by atoms with Gasteiger partial charge in [0, 0.05) is 16.5 Å². The molecule has 0 radical (unpaired) electrons. The summed E-state index contributed by atoms with van der Waals surface area (Å²) in [5, 5.41) is 0.899. The molecule has 3 rings (SSSR count). The highest BCUT2D eigenvalue weighted by Gasteiger charge is 2.30. The van der Waals surface area contributed by atoms with E-state index in [1.165, 1.54) is 95.5 Å². The van der Waals surface area contributed by atoms with E-state index >= 15 is 0 Å². The molecule has 1 aromatic carbocycles. The second-order valence-corrected chi connectivity index (χ2v) is 10.5. The minimum Gasteiger partial charge on any atom is -0.0945 e. The van der Waals surface area contributed by atoms with E-state index in [-0.39, 0.29) is 0 Å². The lowest BCUT2D eigenvalue weighted by Gasteiger charge is -2.37. The maximum Gasteiger partial charge on any atom is 0.0450 e. The number of rotatable bonds is 8. The second-order valence-electron chi connectivity index (χ2n) is 10.1. The van der Waals surface area contributed by atoms with Gasteiger partial charge >= 0.3 is 0 Å². The van der Waals surface area contributed by atoms with Crippen molar-refractivity contribution in [3.05, 3.63) is 34.3 Å². The van der Waals surface area contributed by atoms with Gasteiger partial charge in [0.05, 0.1) is 0 Å². The van der Waals surface area contributed by atoms with Crippen molar-refractivity contribution in [1.29, 1.82) is 0 Å². The van der Waals surface area contributed by atoms with Gasteiger partial charge in [0.25, 0.3) is 0 Å². The third kappa shape index (κ3) is 7.34. The van der Waals surface area contributed by atoms with Gasteiger partial charge in [-0.15, -0.1) is 0 Å². The van der Waals surface area contributed by atoms with Crippen LogP contribution in [-0.4, -0.2) is 0 Å². The summed E-state index contributed by atoms with van der Waals surface area (Å²) in [5.74, 6) is 10.6. The summed E-state index contributed by atoms with van der Waals surface area (Å²) in [5.41, 5.74) is 2.37. The largest absolute Gasteiger partial charge is 0.0945 e. The van der Waals surface area contributed by atoms with Crippen molar-refractivity contribution in [1.82, 2.24) is 0 Å². The van der Waals surface area contributed by atoms with Crippen LogP contribution in [0.25, 0.3) is 0 Å². The summed E-state index contributed by atoms with van der Waals surface area (Å²) in [6, 6.07) is 6.44. The van der Waals surface area contributed by atoms with E-state index in [2.05, 4.69) is 43.9 Å². The van der Waals surface area contributed by atoms with Crippen molar-refractivity contribution >= 4 is 11.6 Å². The van der Waals surface area contributed by atoms with E-state index in [0.29, 0.717) is 5.92 Å². The highest BCUT2D eigenvalue weighted by atomic mass is 35.5. The van der Waals surface area contributed by atoms with Gasteiger partial charge in [0.15, 0.2) is 0 Å². The lowest BCUT2D eigenvalue weighted by molar-refractivity contribution is 0.153. The monoisotopic (exact) mass is 426 g/mol. The van der Waals surface area contributed by atoms with Gasteiger partial charge in [-0.25, -0.2) is 0 Å². The van der Waals surface area contributed by atoms with Gasteiger partial charge in [-0.05, 0) is 86.8 Å². The van der Waals surface area contributed by atoms with Crippen LogP contribution in [0.5, 0.6) is 0 Å². The molecule has 0 bridgehead atoms. The highest BCUT2D eigenvalue weighted by molar-refractivity contribution is 6.31. The van der Waals surface area contributed by atoms with Gasteiger partial charge in [-0.1, -0.05) is 88.3 Å². The average molecular weight is 427 g/mol. The molecular weight excluding hydrogens is 384 g/mol. The normalized spacial score (nSPS) is 26.8. The van der Waals surface area contributed by atoms with Crippen molar-refractivity contribution in [2.45, 2.75) is 110 Å². The van der Waals surface area contributed by atoms with Gasteiger partial charge in [-0.3, -0.25) is 0 Å². The Balaban J connectivity index is 1.42. The Morgan fingerprint density at radius 3 is 2.13 bits per heavy atom. The summed E-state index contributed by atoms with van der Waals surface area (Å²) in [6.45, 7) is 4.57. The molecule has 2 aliphatic rings. The van der Waals surface area contributed by atoms with E-state index in [1.807, 2.05) is 0 Å². The van der Waals surface area contributed by atoms with Crippen LogP contribution in [0.15, 0.2) is 18.2 Å². The number of hydrogen-bond donors (Lipinski definition) is 0. The zero-order chi connectivity index (χ0) is 21.2. The predicted molar refractivity (Wildman–Crippen MR) is 132 cm³/mol. The molecule has 1 aromatic rings. The zero-order valence-corrected chi connectivity index (χ0v) is 20.3. The summed E-state index contributed by atoms with van der Waals surface area (Å²) in [7, 11) is 0. The summed E-state index contributed by atoms with van der Waals surface area (Å²) in [6.07, 6.45) is 20.5. The molecule has 0 atom stereocenters. The SMILES string of the molecule is CCCCCc1ccc(C#C[C@H]2CC[C@H]([C@H]3CC[C@H](CCCC)CC3)CC2)cc1Cl. The standard InChI is InChI=1S/C29H43Cl/c1-3-5-7-9-28-21-16-25(22-29(28)30)11-10-24-14-19-27(20-15-24)26-17-12-23(13-18-26)8-6-4-2/h16,21-24,26-27H,3-9,12-15,17-20H2,1-2H3/t23-,24-,26-,27-. The first-order chi connectivity index (χ1) is 14.7. The van der Waals surface area contributed by atoms with E-state index in [9.17, 15) is 0 Å². The van der Waals surface area contributed by atoms with Crippen LogP contribution in [0.3, 0.4) is 0 Å². The Hall–Kier alpha value is -0.930. The van der Waals surface area contributed by atoms with E-state index < -0.39 is 0 Å². The molecule has 0 amide bonds. The van der Waals surface area contributed by atoms with Gasteiger partial charge in [-0.2, -0.15) is 0 Å². The molecule has 0 saturated heterocycles. The Bertz CT molecular complexity index is 678. The van der Waals surface area contributed by atoms with Crippen LogP contribution in [0.1, 0.15) is 115 Å². The van der Waals surface area contributed by atoms with E-state index in [1.54, 1.807) is 0 Å². The average Bonchev–Trinajstić information content (AvgIpc) is 2.78. The van der Waals surface area contributed by atoms with Crippen LogP contribution in [-0.2, 0) is 6.42 Å². The summed E-state index contributed by atoms with van der Waals surface area (Å²) >= 11 is 6.51. The minimum absolute atomic E-state index is 0.588. The third-order valence-electron chi connectivity index (χ3n) is 7.82. The number of benzene rings is 1. The molecule has 0 nitrogen and oxygen atoms in total. The first-order valence-corrected chi connectivity index (χ1v) is 13.4. The van der Waals surface area contributed by atoms with Crippen LogP contribution in [0.4, 0.5) is 0 Å². The van der Waals surface area contributed by atoms with Crippen molar-refractivity contribution in [2.75, 3.05) is 0 Å². The first-order valence-electron chi connectivity index (χ1n) is 13.0. The van der Waals surface area contributed by atoms with Crippen LogP contribution in [0, 0.1) is 35.5 Å². The molecule has 0 aromatic heterocycles. The zero-order valence-electron chi connectivity index (χ0n) is 19.5. The number of unbranched alkanes of at least 4 members (excludes halogenated alkanes) is 3. The molecule has 0 spiro atoms.